The number of hydrogen-bond acceptors (Lipinski definition) is 6. The average molecular weight is 442 g/mol. The van der Waals surface area contributed by atoms with E-state index >= 15 is 0 Å². The number of carbonyl (C=O) groups is 1. The molecule has 0 fully saturated rings. The predicted octanol–water partition coefficient (Wildman–Crippen LogP) is 2.79. The largest absolute Gasteiger partial charge is 0.486 e. The van der Waals surface area contributed by atoms with Gasteiger partial charge in [0.1, 0.15) is 6.61 Å². The molecule has 1 atom stereocenters. The van der Waals surface area contributed by atoms with Crippen LogP contribution in [0.15, 0.2) is 59.8 Å². The van der Waals surface area contributed by atoms with Gasteiger partial charge in [-0.05, 0) is 42.8 Å². The van der Waals surface area contributed by atoms with Gasteiger partial charge in [-0.1, -0.05) is 12.1 Å². The van der Waals surface area contributed by atoms with E-state index in [1.54, 1.807) is 29.9 Å². The maximum Gasteiger partial charge on any atom is 0.262 e. The first-order valence-electron chi connectivity index (χ1n) is 9.62. The number of para-hydroxylation sites is 2. The van der Waals surface area contributed by atoms with E-state index in [0.717, 1.165) is 0 Å². The van der Waals surface area contributed by atoms with Crippen LogP contribution in [0.5, 0.6) is 11.5 Å². The standard InChI is InChI=1S/C21H22N4O5S/c1-14-9-16(23-15(2)26)7-8-21(14)31(27,28)24-17-10-22-25(11-17)12-18-13-29-19-5-3-4-6-20(19)30-18/h3-11,18,24H,12-13H2,1-2H3,(H,23,26). The fourth-order valence-corrected chi connectivity index (χ4v) is 4.58. The molecule has 2 aromatic carbocycles. The van der Waals surface area contributed by atoms with Gasteiger partial charge in [-0.3, -0.25) is 14.2 Å². The third kappa shape index (κ3) is 4.80. The summed E-state index contributed by atoms with van der Waals surface area (Å²) in [6, 6.07) is 12.0. The highest BCUT2D eigenvalue weighted by molar-refractivity contribution is 7.92. The van der Waals surface area contributed by atoms with E-state index in [-0.39, 0.29) is 16.9 Å². The van der Waals surface area contributed by atoms with E-state index < -0.39 is 10.0 Å². The van der Waals surface area contributed by atoms with Crippen molar-refractivity contribution in [2.45, 2.75) is 31.4 Å². The monoisotopic (exact) mass is 442 g/mol. The van der Waals surface area contributed by atoms with Gasteiger partial charge in [-0.2, -0.15) is 5.10 Å². The number of rotatable bonds is 6. The SMILES string of the molecule is CC(=O)Nc1ccc(S(=O)(=O)Nc2cnn(CC3COc4ccccc4O3)c2)c(C)c1. The predicted molar refractivity (Wildman–Crippen MR) is 115 cm³/mol. The summed E-state index contributed by atoms with van der Waals surface area (Å²) >= 11 is 0. The van der Waals surface area contributed by atoms with Crippen LogP contribution in [-0.2, 0) is 21.4 Å². The van der Waals surface area contributed by atoms with Gasteiger partial charge in [-0.25, -0.2) is 8.42 Å². The lowest BCUT2D eigenvalue weighted by molar-refractivity contribution is -0.114. The van der Waals surface area contributed by atoms with Gasteiger partial charge >= 0.3 is 0 Å². The van der Waals surface area contributed by atoms with E-state index in [2.05, 4.69) is 15.1 Å². The zero-order chi connectivity index (χ0) is 22.0. The normalized spacial score (nSPS) is 15.4. The first kappa shape index (κ1) is 20.7. The fourth-order valence-electron chi connectivity index (χ4n) is 3.32. The Labute approximate surface area is 180 Å². The summed E-state index contributed by atoms with van der Waals surface area (Å²) in [5.74, 6) is 1.15. The summed E-state index contributed by atoms with van der Waals surface area (Å²) in [6.07, 6.45) is 2.79. The average Bonchev–Trinajstić information content (AvgIpc) is 3.13. The van der Waals surface area contributed by atoms with Gasteiger partial charge in [0.05, 0.1) is 23.3 Å². The Balaban J connectivity index is 1.43. The van der Waals surface area contributed by atoms with Crippen molar-refractivity contribution in [2.75, 3.05) is 16.6 Å². The van der Waals surface area contributed by atoms with Crippen LogP contribution >= 0.6 is 0 Å². The number of nitrogens with one attached hydrogen (secondary N) is 2. The smallest absolute Gasteiger partial charge is 0.262 e. The lowest BCUT2D eigenvalue weighted by Crippen LogP contribution is -2.33. The number of amides is 1. The van der Waals surface area contributed by atoms with Crippen LogP contribution in [0.2, 0.25) is 0 Å². The number of anilines is 2. The number of aromatic nitrogens is 2. The molecule has 2 N–H and O–H groups in total. The Kier molecular flexibility index (Phi) is 5.55. The molecule has 9 nitrogen and oxygen atoms in total. The van der Waals surface area contributed by atoms with Crippen LogP contribution in [-0.4, -0.2) is 36.8 Å². The first-order valence-corrected chi connectivity index (χ1v) is 11.1. The number of ether oxygens (including phenoxy) is 2. The molecule has 31 heavy (non-hydrogen) atoms. The molecule has 0 bridgehead atoms. The van der Waals surface area contributed by atoms with Crippen molar-refractivity contribution in [3.63, 3.8) is 0 Å². The van der Waals surface area contributed by atoms with Crippen molar-refractivity contribution >= 4 is 27.3 Å². The number of aryl methyl sites for hydroxylation is 1. The fraction of sp³-hybridized carbons (Fsp3) is 0.238. The molecule has 3 aromatic rings. The number of hydrogen-bond donors (Lipinski definition) is 2. The van der Waals surface area contributed by atoms with Gasteiger partial charge in [0.15, 0.2) is 17.6 Å². The number of carbonyl (C=O) groups excluding carboxylic acids is 1. The molecule has 0 spiro atoms. The zero-order valence-corrected chi connectivity index (χ0v) is 17.8. The molecule has 0 saturated heterocycles. The number of nitrogens with zero attached hydrogens (tertiary/aromatic N) is 2. The Hall–Kier alpha value is -3.53. The second-order valence-corrected chi connectivity index (χ2v) is 8.87. The van der Waals surface area contributed by atoms with Crippen molar-refractivity contribution in [3.05, 3.63) is 60.4 Å². The molecule has 0 radical (unpaired) electrons. The molecular formula is C21H22N4O5S. The van der Waals surface area contributed by atoms with Crippen LogP contribution in [0.1, 0.15) is 12.5 Å². The quantitative estimate of drug-likeness (QED) is 0.607. The summed E-state index contributed by atoms with van der Waals surface area (Å²) in [7, 11) is -3.82. The summed E-state index contributed by atoms with van der Waals surface area (Å²) in [6.45, 7) is 3.84. The van der Waals surface area contributed by atoms with Crippen molar-refractivity contribution in [1.82, 2.24) is 9.78 Å². The molecule has 0 saturated carbocycles. The van der Waals surface area contributed by atoms with Crippen molar-refractivity contribution in [3.8, 4) is 11.5 Å². The van der Waals surface area contributed by atoms with E-state index in [1.807, 2.05) is 24.3 Å². The highest BCUT2D eigenvalue weighted by Crippen LogP contribution is 2.31. The van der Waals surface area contributed by atoms with Crippen molar-refractivity contribution in [2.24, 2.45) is 0 Å². The summed E-state index contributed by atoms with van der Waals surface area (Å²) in [5, 5.41) is 6.85. The molecule has 10 heteroatoms. The molecule has 1 amide bonds. The Bertz CT molecular complexity index is 1220. The second-order valence-electron chi connectivity index (χ2n) is 7.22. The minimum absolute atomic E-state index is 0.120. The number of sulfonamides is 1. The maximum absolute atomic E-state index is 12.8. The van der Waals surface area contributed by atoms with E-state index in [0.29, 0.717) is 41.6 Å². The summed E-state index contributed by atoms with van der Waals surface area (Å²) in [4.78, 5) is 11.3. The van der Waals surface area contributed by atoms with E-state index in [1.165, 1.54) is 19.2 Å². The van der Waals surface area contributed by atoms with Crippen LogP contribution in [0.3, 0.4) is 0 Å². The maximum atomic E-state index is 12.8. The molecule has 2 heterocycles. The topological polar surface area (TPSA) is 112 Å². The summed E-state index contributed by atoms with van der Waals surface area (Å²) in [5.41, 5.74) is 1.38. The molecule has 1 unspecified atom stereocenters. The molecule has 1 aliphatic rings. The molecule has 1 aromatic heterocycles. The van der Waals surface area contributed by atoms with Crippen molar-refractivity contribution in [1.29, 1.82) is 0 Å². The molecule has 1 aliphatic heterocycles. The molecular weight excluding hydrogens is 420 g/mol. The Morgan fingerprint density at radius 3 is 2.71 bits per heavy atom. The van der Waals surface area contributed by atoms with Crippen LogP contribution in [0.25, 0.3) is 0 Å². The van der Waals surface area contributed by atoms with Gasteiger partial charge in [0.25, 0.3) is 10.0 Å². The third-order valence-electron chi connectivity index (χ3n) is 4.63. The van der Waals surface area contributed by atoms with Crippen molar-refractivity contribution < 1.29 is 22.7 Å². The Morgan fingerprint density at radius 1 is 1.19 bits per heavy atom. The van der Waals surface area contributed by atoms with Gasteiger partial charge in [0, 0.05) is 18.8 Å². The second kappa shape index (κ2) is 8.31. The van der Waals surface area contributed by atoms with Gasteiger partial charge in [0.2, 0.25) is 5.91 Å². The van der Waals surface area contributed by atoms with Gasteiger partial charge in [-0.15, -0.1) is 0 Å². The van der Waals surface area contributed by atoms with E-state index in [4.69, 9.17) is 9.47 Å². The lowest BCUT2D eigenvalue weighted by Gasteiger charge is -2.26. The highest BCUT2D eigenvalue weighted by atomic mass is 32.2. The molecule has 0 aliphatic carbocycles. The molecule has 162 valence electrons. The lowest BCUT2D eigenvalue weighted by atomic mass is 10.2. The first-order chi connectivity index (χ1) is 14.8. The minimum atomic E-state index is -3.82. The van der Waals surface area contributed by atoms with Crippen LogP contribution < -0.4 is 19.5 Å². The number of fused-ring (bicyclic) bond motifs is 1. The third-order valence-corrected chi connectivity index (χ3v) is 6.17. The van der Waals surface area contributed by atoms with Crippen LogP contribution in [0, 0.1) is 6.92 Å². The minimum Gasteiger partial charge on any atom is -0.486 e. The number of benzene rings is 2. The van der Waals surface area contributed by atoms with E-state index in [9.17, 15) is 13.2 Å². The van der Waals surface area contributed by atoms with Crippen LogP contribution in [0.4, 0.5) is 11.4 Å². The van der Waals surface area contributed by atoms with Gasteiger partial charge < -0.3 is 14.8 Å². The zero-order valence-electron chi connectivity index (χ0n) is 17.0. The highest BCUT2D eigenvalue weighted by Gasteiger charge is 2.22. The summed E-state index contributed by atoms with van der Waals surface area (Å²) < 4.78 is 41.4. The molecule has 4 rings (SSSR count). The Morgan fingerprint density at radius 2 is 1.97 bits per heavy atom.